The zero-order valence-electron chi connectivity index (χ0n) is 9.34. The largest absolute Gasteiger partial charge is 0.416 e. The minimum Gasteiger partial charge on any atom is -0.320 e. The fraction of sp³-hybridized carbons (Fsp3) is 0.167. The van der Waals surface area contributed by atoms with Crippen molar-refractivity contribution in [1.29, 1.82) is 0 Å². The van der Waals surface area contributed by atoms with Gasteiger partial charge in [-0.15, -0.1) is 11.3 Å². The first-order chi connectivity index (χ1) is 8.79. The van der Waals surface area contributed by atoms with Crippen molar-refractivity contribution in [3.05, 3.63) is 55.1 Å². The highest BCUT2D eigenvalue weighted by Gasteiger charge is 2.30. The van der Waals surface area contributed by atoms with Gasteiger partial charge in [0.15, 0.2) is 0 Å². The van der Waals surface area contributed by atoms with Crippen LogP contribution in [0.2, 0.25) is 5.02 Å². The van der Waals surface area contributed by atoms with Gasteiger partial charge in [-0.1, -0.05) is 23.7 Å². The Hall–Kier alpha value is -0.560. The third-order valence-corrected chi connectivity index (χ3v) is 5.13. The van der Waals surface area contributed by atoms with Gasteiger partial charge in [-0.05, 0) is 39.7 Å². The van der Waals surface area contributed by atoms with E-state index >= 15 is 0 Å². The first-order valence-electron chi connectivity index (χ1n) is 5.16. The maximum atomic E-state index is 12.4. The summed E-state index contributed by atoms with van der Waals surface area (Å²) in [5, 5.41) is 0.544. The molecule has 1 aromatic carbocycles. The SMILES string of the molecule is NC(c1ccc(C(F)(F)F)cc1)c1cc(Cl)c(Br)s1. The standard InChI is InChI=1S/C12H8BrClF3NS/c13-11-8(14)5-9(19-11)10(18)6-1-3-7(4-2-6)12(15,16)17/h1-5,10H,18H2. The topological polar surface area (TPSA) is 26.0 Å². The molecule has 0 bridgehead atoms. The summed E-state index contributed by atoms with van der Waals surface area (Å²) in [7, 11) is 0. The van der Waals surface area contributed by atoms with E-state index in [2.05, 4.69) is 15.9 Å². The van der Waals surface area contributed by atoms with Gasteiger partial charge < -0.3 is 5.73 Å². The lowest BCUT2D eigenvalue weighted by Gasteiger charge is -2.12. The van der Waals surface area contributed by atoms with Crippen LogP contribution < -0.4 is 5.73 Å². The highest BCUT2D eigenvalue weighted by Crippen LogP contribution is 2.37. The fourth-order valence-electron chi connectivity index (χ4n) is 1.56. The van der Waals surface area contributed by atoms with Crippen LogP contribution in [-0.2, 0) is 6.18 Å². The molecule has 2 N–H and O–H groups in total. The summed E-state index contributed by atoms with van der Waals surface area (Å²) in [6.45, 7) is 0. The van der Waals surface area contributed by atoms with Gasteiger partial charge in [-0.3, -0.25) is 0 Å². The van der Waals surface area contributed by atoms with E-state index in [0.717, 1.165) is 20.8 Å². The molecular weight excluding hydrogens is 363 g/mol. The quantitative estimate of drug-likeness (QED) is 0.769. The van der Waals surface area contributed by atoms with Crippen LogP contribution in [0.3, 0.4) is 0 Å². The number of hydrogen-bond acceptors (Lipinski definition) is 2. The molecule has 1 nitrogen and oxygen atoms in total. The van der Waals surface area contributed by atoms with Crippen LogP contribution in [0, 0.1) is 0 Å². The zero-order chi connectivity index (χ0) is 14.2. The van der Waals surface area contributed by atoms with Gasteiger partial charge in [0.25, 0.3) is 0 Å². The molecule has 0 radical (unpaired) electrons. The maximum Gasteiger partial charge on any atom is 0.416 e. The van der Waals surface area contributed by atoms with Gasteiger partial charge >= 0.3 is 6.18 Å². The Bertz CT molecular complexity index is 560. The molecule has 1 unspecified atom stereocenters. The van der Waals surface area contributed by atoms with Gasteiger partial charge in [0.05, 0.1) is 20.4 Å². The molecule has 0 aliphatic heterocycles. The molecule has 102 valence electrons. The molecule has 0 fully saturated rings. The molecule has 2 aromatic rings. The molecule has 7 heteroatoms. The number of halogens is 5. The molecule has 1 atom stereocenters. The molecule has 0 saturated heterocycles. The summed E-state index contributed by atoms with van der Waals surface area (Å²) in [4.78, 5) is 0.789. The van der Waals surface area contributed by atoms with E-state index < -0.39 is 17.8 Å². The minimum absolute atomic E-state index is 0.490. The lowest BCUT2D eigenvalue weighted by Crippen LogP contribution is -2.11. The zero-order valence-corrected chi connectivity index (χ0v) is 12.5. The Balaban J connectivity index is 2.27. The van der Waals surface area contributed by atoms with Crippen LogP contribution in [0.1, 0.15) is 22.0 Å². The summed E-state index contributed by atoms with van der Waals surface area (Å²) >= 11 is 10.5. The van der Waals surface area contributed by atoms with Gasteiger partial charge in [0.2, 0.25) is 0 Å². The molecule has 2 rings (SSSR count). The molecule has 0 amide bonds. The molecule has 0 spiro atoms. The second-order valence-electron chi connectivity index (χ2n) is 3.87. The van der Waals surface area contributed by atoms with Crippen LogP contribution in [0.15, 0.2) is 34.1 Å². The average molecular weight is 371 g/mol. The van der Waals surface area contributed by atoms with E-state index in [0.29, 0.717) is 10.6 Å². The monoisotopic (exact) mass is 369 g/mol. The highest BCUT2D eigenvalue weighted by molar-refractivity contribution is 9.11. The summed E-state index contributed by atoms with van der Waals surface area (Å²) in [6, 6.07) is 6.04. The molecule has 0 saturated carbocycles. The second kappa shape index (κ2) is 5.44. The fourth-order valence-corrected chi connectivity index (χ4v) is 3.34. The van der Waals surface area contributed by atoms with Crippen molar-refractivity contribution in [3.63, 3.8) is 0 Å². The average Bonchev–Trinajstić information content (AvgIpc) is 2.68. The Kier molecular flexibility index (Phi) is 4.25. The van der Waals surface area contributed by atoms with Crippen molar-refractivity contribution < 1.29 is 13.2 Å². The van der Waals surface area contributed by atoms with E-state index in [9.17, 15) is 13.2 Å². The smallest absolute Gasteiger partial charge is 0.320 e. The summed E-state index contributed by atoms with van der Waals surface area (Å²) in [6.07, 6.45) is -4.34. The third kappa shape index (κ3) is 3.31. The predicted molar refractivity (Wildman–Crippen MR) is 74.5 cm³/mol. The number of thiophene rings is 1. The summed E-state index contributed by atoms with van der Waals surface area (Å²) in [5.41, 5.74) is 5.93. The number of rotatable bonds is 2. The van der Waals surface area contributed by atoms with Crippen molar-refractivity contribution in [2.45, 2.75) is 12.2 Å². The Morgan fingerprint density at radius 3 is 2.21 bits per heavy atom. The lowest BCUT2D eigenvalue weighted by molar-refractivity contribution is -0.137. The van der Waals surface area contributed by atoms with Crippen molar-refractivity contribution in [3.8, 4) is 0 Å². The van der Waals surface area contributed by atoms with E-state index in [1.54, 1.807) is 6.07 Å². The van der Waals surface area contributed by atoms with Crippen LogP contribution in [-0.4, -0.2) is 0 Å². The maximum absolute atomic E-state index is 12.4. The van der Waals surface area contributed by atoms with Crippen molar-refractivity contribution >= 4 is 38.9 Å². The Morgan fingerprint density at radius 2 is 1.79 bits per heavy atom. The first-order valence-corrected chi connectivity index (χ1v) is 7.15. The first kappa shape index (κ1) is 14.8. The van der Waals surface area contributed by atoms with Gasteiger partial charge in [-0.2, -0.15) is 13.2 Å². The van der Waals surface area contributed by atoms with Gasteiger partial charge in [0.1, 0.15) is 0 Å². The van der Waals surface area contributed by atoms with Crippen LogP contribution in [0.4, 0.5) is 13.2 Å². The predicted octanol–water partition coefficient (Wildman–Crippen LogP) is 5.23. The van der Waals surface area contributed by atoms with Gasteiger partial charge in [-0.25, -0.2) is 0 Å². The normalized spacial score (nSPS) is 13.6. The van der Waals surface area contributed by atoms with Crippen LogP contribution in [0.5, 0.6) is 0 Å². The summed E-state index contributed by atoms with van der Waals surface area (Å²) in [5.74, 6) is 0. The van der Waals surface area contributed by atoms with Crippen LogP contribution >= 0.6 is 38.9 Å². The molecular formula is C12H8BrClF3NS. The van der Waals surface area contributed by atoms with E-state index in [1.807, 2.05) is 0 Å². The summed E-state index contributed by atoms with van der Waals surface area (Å²) < 4.78 is 38.1. The molecule has 0 aliphatic carbocycles. The highest BCUT2D eigenvalue weighted by atomic mass is 79.9. The van der Waals surface area contributed by atoms with E-state index in [4.69, 9.17) is 17.3 Å². The number of nitrogens with two attached hydrogens (primary N) is 1. The van der Waals surface area contributed by atoms with Crippen molar-refractivity contribution in [2.75, 3.05) is 0 Å². The molecule has 0 aliphatic rings. The van der Waals surface area contributed by atoms with Gasteiger partial charge in [0, 0.05) is 4.88 Å². The van der Waals surface area contributed by atoms with E-state index in [1.165, 1.54) is 23.5 Å². The van der Waals surface area contributed by atoms with E-state index in [-0.39, 0.29) is 0 Å². The minimum atomic E-state index is -4.34. The third-order valence-electron chi connectivity index (χ3n) is 2.57. The second-order valence-corrected chi connectivity index (χ2v) is 6.68. The van der Waals surface area contributed by atoms with Crippen LogP contribution in [0.25, 0.3) is 0 Å². The Morgan fingerprint density at radius 1 is 1.21 bits per heavy atom. The number of hydrogen-bond donors (Lipinski definition) is 1. The number of alkyl halides is 3. The molecule has 1 heterocycles. The molecule has 19 heavy (non-hydrogen) atoms. The lowest BCUT2D eigenvalue weighted by atomic mass is 10.0. The number of benzene rings is 1. The van der Waals surface area contributed by atoms with Crippen molar-refractivity contribution in [2.24, 2.45) is 5.73 Å². The Labute approximate surface area is 125 Å². The van der Waals surface area contributed by atoms with Crippen molar-refractivity contribution in [1.82, 2.24) is 0 Å². The molecule has 1 aromatic heterocycles.